The number of aromatic nitrogens is 2. The maximum Gasteiger partial charge on any atom is 0.225 e. The van der Waals surface area contributed by atoms with Crippen LogP contribution in [-0.4, -0.2) is 22.3 Å². The minimum Gasteiger partial charge on any atom is -0.354 e. The molecule has 20 heavy (non-hydrogen) atoms. The second-order valence-electron chi connectivity index (χ2n) is 5.38. The predicted molar refractivity (Wildman–Crippen MR) is 88.9 cm³/mol. The molecule has 0 spiro atoms. The van der Waals surface area contributed by atoms with E-state index in [0.717, 1.165) is 34.7 Å². The van der Waals surface area contributed by atoms with E-state index in [0.29, 0.717) is 0 Å². The molecular formula is C15H21N3S2. The van der Waals surface area contributed by atoms with Gasteiger partial charge < -0.3 is 5.32 Å². The van der Waals surface area contributed by atoms with Crippen LogP contribution in [0.15, 0.2) is 16.5 Å². The van der Waals surface area contributed by atoms with Gasteiger partial charge in [0.1, 0.15) is 9.86 Å². The summed E-state index contributed by atoms with van der Waals surface area (Å²) < 4.78 is 0. The van der Waals surface area contributed by atoms with E-state index in [4.69, 9.17) is 4.98 Å². The Bertz CT molecular complexity index is 561. The SMILES string of the molecule is CCCNc1nc(SCC2CCCC2)c2ccsc2n1. The van der Waals surface area contributed by atoms with Crippen molar-refractivity contribution in [3.63, 3.8) is 0 Å². The molecule has 1 saturated carbocycles. The summed E-state index contributed by atoms with van der Waals surface area (Å²) in [5, 5.41) is 7.81. The highest BCUT2D eigenvalue weighted by Gasteiger charge is 2.17. The van der Waals surface area contributed by atoms with Crippen molar-refractivity contribution in [1.29, 1.82) is 0 Å². The third-order valence-electron chi connectivity index (χ3n) is 3.75. The molecule has 3 rings (SSSR count). The first-order chi connectivity index (χ1) is 9.86. The van der Waals surface area contributed by atoms with Gasteiger partial charge in [0.15, 0.2) is 0 Å². The summed E-state index contributed by atoms with van der Waals surface area (Å²) in [6.07, 6.45) is 6.70. The molecule has 1 fully saturated rings. The zero-order valence-electron chi connectivity index (χ0n) is 11.9. The lowest BCUT2D eigenvalue weighted by Gasteiger charge is -2.10. The number of thiophene rings is 1. The summed E-state index contributed by atoms with van der Waals surface area (Å²) >= 11 is 3.62. The van der Waals surface area contributed by atoms with E-state index in [2.05, 4.69) is 28.7 Å². The van der Waals surface area contributed by atoms with Gasteiger partial charge in [-0.05, 0) is 36.6 Å². The Kier molecular flexibility index (Phi) is 4.78. The lowest BCUT2D eigenvalue weighted by molar-refractivity contribution is 0.623. The monoisotopic (exact) mass is 307 g/mol. The van der Waals surface area contributed by atoms with Crippen molar-refractivity contribution in [1.82, 2.24) is 9.97 Å². The molecule has 0 aromatic carbocycles. The fourth-order valence-electron chi connectivity index (χ4n) is 2.63. The number of fused-ring (bicyclic) bond motifs is 1. The van der Waals surface area contributed by atoms with Gasteiger partial charge in [-0.15, -0.1) is 23.1 Å². The summed E-state index contributed by atoms with van der Waals surface area (Å²) in [4.78, 5) is 10.4. The normalized spacial score (nSPS) is 16.1. The Morgan fingerprint density at radius 1 is 1.35 bits per heavy atom. The van der Waals surface area contributed by atoms with Gasteiger partial charge in [-0.25, -0.2) is 9.97 Å². The summed E-state index contributed by atoms with van der Waals surface area (Å²) in [7, 11) is 0. The number of hydrogen-bond acceptors (Lipinski definition) is 5. The molecule has 108 valence electrons. The lowest BCUT2D eigenvalue weighted by atomic mass is 10.1. The quantitative estimate of drug-likeness (QED) is 0.615. The Balaban J connectivity index is 1.77. The average Bonchev–Trinajstić information content (AvgIpc) is 3.13. The first-order valence-corrected chi connectivity index (χ1v) is 9.35. The van der Waals surface area contributed by atoms with E-state index in [1.54, 1.807) is 11.3 Å². The molecule has 0 saturated heterocycles. The van der Waals surface area contributed by atoms with Crippen molar-refractivity contribution in [2.75, 3.05) is 17.6 Å². The molecule has 2 heterocycles. The fraction of sp³-hybridized carbons (Fsp3) is 0.600. The lowest BCUT2D eigenvalue weighted by Crippen LogP contribution is -2.05. The standard InChI is InChI=1S/C15H21N3S2/c1-2-8-16-15-17-13-12(7-9-19-13)14(18-15)20-10-11-5-3-4-6-11/h7,9,11H,2-6,8,10H2,1H3,(H,16,17,18). The van der Waals surface area contributed by atoms with Crippen molar-refractivity contribution in [2.45, 2.75) is 44.1 Å². The third-order valence-corrected chi connectivity index (χ3v) is 5.78. The Hall–Kier alpha value is -0.810. The minimum atomic E-state index is 0.788. The molecule has 0 aliphatic heterocycles. The summed E-state index contributed by atoms with van der Waals surface area (Å²) in [5.74, 6) is 2.88. The van der Waals surface area contributed by atoms with Crippen molar-refractivity contribution >= 4 is 39.3 Å². The number of nitrogens with zero attached hydrogens (tertiary/aromatic N) is 2. The number of thioether (sulfide) groups is 1. The molecule has 0 unspecified atom stereocenters. The summed E-state index contributed by atoms with van der Waals surface area (Å²) in [5.41, 5.74) is 0. The molecule has 2 aromatic heterocycles. The molecule has 0 atom stereocenters. The molecule has 1 N–H and O–H groups in total. The maximum absolute atomic E-state index is 4.72. The number of nitrogens with one attached hydrogen (secondary N) is 1. The van der Waals surface area contributed by atoms with Crippen molar-refractivity contribution < 1.29 is 0 Å². The summed E-state index contributed by atoms with van der Waals surface area (Å²) in [6, 6.07) is 2.15. The van der Waals surface area contributed by atoms with Crippen LogP contribution in [0, 0.1) is 5.92 Å². The van der Waals surface area contributed by atoms with Gasteiger partial charge in [-0.2, -0.15) is 0 Å². The van der Waals surface area contributed by atoms with E-state index in [1.165, 1.54) is 36.8 Å². The molecule has 0 radical (unpaired) electrons. The molecule has 5 heteroatoms. The zero-order chi connectivity index (χ0) is 13.8. The fourth-order valence-corrected chi connectivity index (χ4v) is 4.65. The first-order valence-electron chi connectivity index (χ1n) is 7.48. The van der Waals surface area contributed by atoms with E-state index < -0.39 is 0 Å². The zero-order valence-corrected chi connectivity index (χ0v) is 13.5. The molecule has 1 aliphatic carbocycles. The van der Waals surface area contributed by atoms with Crippen molar-refractivity contribution in [3.8, 4) is 0 Å². The van der Waals surface area contributed by atoms with Crippen LogP contribution < -0.4 is 5.32 Å². The van der Waals surface area contributed by atoms with Crippen LogP contribution in [0.1, 0.15) is 39.0 Å². The van der Waals surface area contributed by atoms with Crippen LogP contribution in [0.5, 0.6) is 0 Å². The minimum absolute atomic E-state index is 0.788. The average molecular weight is 307 g/mol. The molecule has 2 aromatic rings. The number of hydrogen-bond donors (Lipinski definition) is 1. The predicted octanol–water partition coefficient (Wildman–Crippen LogP) is 4.80. The highest BCUT2D eigenvalue weighted by atomic mass is 32.2. The molecule has 1 aliphatic rings. The topological polar surface area (TPSA) is 37.8 Å². The van der Waals surface area contributed by atoms with Gasteiger partial charge in [0, 0.05) is 17.7 Å². The molecule has 3 nitrogen and oxygen atoms in total. The Morgan fingerprint density at radius 3 is 3.00 bits per heavy atom. The second-order valence-corrected chi connectivity index (χ2v) is 7.28. The largest absolute Gasteiger partial charge is 0.354 e. The first kappa shape index (κ1) is 14.1. The van der Waals surface area contributed by atoms with Crippen LogP contribution >= 0.6 is 23.1 Å². The van der Waals surface area contributed by atoms with E-state index in [-0.39, 0.29) is 0 Å². The Morgan fingerprint density at radius 2 is 2.20 bits per heavy atom. The van der Waals surface area contributed by atoms with Crippen LogP contribution in [0.4, 0.5) is 5.95 Å². The Labute approximate surface area is 128 Å². The maximum atomic E-state index is 4.72. The van der Waals surface area contributed by atoms with Crippen molar-refractivity contribution in [3.05, 3.63) is 11.4 Å². The van der Waals surface area contributed by atoms with Crippen LogP contribution in [0.2, 0.25) is 0 Å². The second kappa shape index (κ2) is 6.76. The molecule has 0 bridgehead atoms. The van der Waals surface area contributed by atoms with Gasteiger partial charge in [0.25, 0.3) is 0 Å². The highest BCUT2D eigenvalue weighted by molar-refractivity contribution is 7.99. The number of rotatable bonds is 6. The van der Waals surface area contributed by atoms with E-state index in [9.17, 15) is 0 Å². The van der Waals surface area contributed by atoms with Gasteiger partial charge >= 0.3 is 0 Å². The van der Waals surface area contributed by atoms with Crippen molar-refractivity contribution in [2.24, 2.45) is 5.92 Å². The highest BCUT2D eigenvalue weighted by Crippen LogP contribution is 2.34. The van der Waals surface area contributed by atoms with Crippen LogP contribution in [-0.2, 0) is 0 Å². The molecular weight excluding hydrogens is 286 g/mol. The van der Waals surface area contributed by atoms with Crippen LogP contribution in [0.3, 0.4) is 0 Å². The smallest absolute Gasteiger partial charge is 0.225 e. The van der Waals surface area contributed by atoms with Gasteiger partial charge in [0.05, 0.1) is 0 Å². The van der Waals surface area contributed by atoms with E-state index >= 15 is 0 Å². The van der Waals surface area contributed by atoms with Gasteiger partial charge in [0.2, 0.25) is 5.95 Å². The number of anilines is 1. The summed E-state index contributed by atoms with van der Waals surface area (Å²) in [6.45, 7) is 3.09. The van der Waals surface area contributed by atoms with Crippen LogP contribution in [0.25, 0.3) is 10.2 Å². The van der Waals surface area contributed by atoms with E-state index in [1.807, 2.05) is 11.8 Å². The third kappa shape index (κ3) is 3.26. The van der Waals surface area contributed by atoms with Gasteiger partial charge in [-0.1, -0.05) is 19.8 Å². The van der Waals surface area contributed by atoms with Gasteiger partial charge in [-0.3, -0.25) is 0 Å². The molecule has 0 amide bonds.